The molecule has 0 spiro atoms. The van der Waals surface area contributed by atoms with Crippen LogP contribution in [0.15, 0.2) is 60.7 Å². The van der Waals surface area contributed by atoms with Crippen molar-refractivity contribution < 1.29 is 0 Å². The van der Waals surface area contributed by atoms with Crippen LogP contribution in [-0.2, 0) is 5.41 Å². The lowest BCUT2D eigenvalue weighted by molar-refractivity contribution is 0.421. The third kappa shape index (κ3) is 2.40. The summed E-state index contributed by atoms with van der Waals surface area (Å²) in [5.41, 5.74) is 8.79. The van der Waals surface area contributed by atoms with Gasteiger partial charge in [-0.1, -0.05) is 74.5 Å². The Kier molecular flexibility index (Phi) is 3.30. The van der Waals surface area contributed by atoms with E-state index in [1.165, 1.54) is 11.1 Å². The van der Waals surface area contributed by atoms with Crippen LogP contribution in [0.2, 0.25) is 0 Å². The predicted molar refractivity (Wildman–Crippen MR) is 72.8 cm³/mol. The second-order valence-corrected chi connectivity index (χ2v) is 4.98. The van der Waals surface area contributed by atoms with Gasteiger partial charge in [-0.3, -0.25) is 0 Å². The first-order valence-corrected chi connectivity index (χ1v) is 5.98. The Hall–Kier alpha value is -1.60. The molecular weight excluding hydrogens is 206 g/mol. The van der Waals surface area contributed by atoms with E-state index in [4.69, 9.17) is 5.73 Å². The molecule has 0 fully saturated rings. The molecule has 0 saturated carbocycles. The number of nitrogens with two attached hydrogens (primary N) is 1. The first-order chi connectivity index (χ1) is 8.12. The molecule has 0 heterocycles. The lowest BCUT2D eigenvalue weighted by Crippen LogP contribution is -2.33. The largest absolute Gasteiger partial charge is 0.323 e. The van der Waals surface area contributed by atoms with Crippen molar-refractivity contribution in [1.82, 2.24) is 0 Å². The average Bonchev–Trinajstić information content (AvgIpc) is 2.40. The summed E-state index contributed by atoms with van der Waals surface area (Å²) >= 11 is 0. The van der Waals surface area contributed by atoms with Crippen molar-refractivity contribution >= 4 is 0 Å². The van der Waals surface area contributed by atoms with E-state index in [0.29, 0.717) is 0 Å². The maximum atomic E-state index is 6.40. The highest BCUT2D eigenvalue weighted by molar-refractivity contribution is 5.31. The van der Waals surface area contributed by atoms with Gasteiger partial charge in [0.1, 0.15) is 0 Å². The molecule has 2 N–H and O–H groups in total. The number of benzene rings is 2. The van der Waals surface area contributed by atoms with E-state index in [9.17, 15) is 0 Å². The van der Waals surface area contributed by atoms with Crippen LogP contribution in [0.4, 0.5) is 0 Å². The summed E-state index contributed by atoms with van der Waals surface area (Å²) in [4.78, 5) is 0. The van der Waals surface area contributed by atoms with Gasteiger partial charge in [0.15, 0.2) is 0 Å². The second-order valence-electron chi connectivity index (χ2n) is 4.98. The molecule has 88 valence electrons. The van der Waals surface area contributed by atoms with Crippen molar-refractivity contribution in [1.29, 1.82) is 0 Å². The molecule has 2 rings (SSSR count). The number of hydrogen-bond acceptors (Lipinski definition) is 1. The minimum Gasteiger partial charge on any atom is -0.323 e. The highest BCUT2D eigenvalue weighted by Gasteiger charge is 2.29. The molecular formula is C16H19N. The van der Waals surface area contributed by atoms with Crippen LogP contribution >= 0.6 is 0 Å². The fourth-order valence-electron chi connectivity index (χ4n) is 2.12. The van der Waals surface area contributed by atoms with E-state index in [1.807, 2.05) is 24.3 Å². The molecule has 0 aromatic heterocycles. The summed E-state index contributed by atoms with van der Waals surface area (Å²) in [5, 5.41) is 0. The Morgan fingerprint density at radius 2 is 1.29 bits per heavy atom. The summed E-state index contributed by atoms with van der Waals surface area (Å²) in [5.74, 6) is 0. The van der Waals surface area contributed by atoms with Crippen molar-refractivity contribution in [2.45, 2.75) is 25.3 Å². The normalized spacial score (nSPS) is 13.4. The maximum absolute atomic E-state index is 6.40. The van der Waals surface area contributed by atoms with Crippen molar-refractivity contribution in [2.24, 2.45) is 5.73 Å². The van der Waals surface area contributed by atoms with Crippen molar-refractivity contribution in [2.75, 3.05) is 0 Å². The van der Waals surface area contributed by atoms with Gasteiger partial charge in [-0.05, 0) is 11.1 Å². The molecule has 2 aromatic carbocycles. The van der Waals surface area contributed by atoms with E-state index in [2.05, 4.69) is 50.2 Å². The minimum atomic E-state index is -0.0669. The van der Waals surface area contributed by atoms with Gasteiger partial charge in [0, 0.05) is 11.5 Å². The molecule has 1 heteroatoms. The van der Waals surface area contributed by atoms with Gasteiger partial charge in [-0.15, -0.1) is 0 Å². The van der Waals surface area contributed by atoms with E-state index < -0.39 is 0 Å². The first kappa shape index (κ1) is 11.9. The zero-order chi connectivity index (χ0) is 12.3. The second kappa shape index (κ2) is 4.72. The lowest BCUT2D eigenvalue weighted by atomic mass is 9.75. The molecule has 0 aliphatic carbocycles. The van der Waals surface area contributed by atoms with E-state index in [-0.39, 0.29) is 11.5 Å². The van der Waals surface area contributed by atoms with Gasteiger partial charge in [0.25, 0.3) is 0 Å². The van der Waals surface area contributed by atoms with Crippen molar-refractivity contribution in [3.8, 4) is 0 Å². The van der Waals surface area contributed by atoms with E-state index >= 15 is 0 Å². The Morgan fingerprint density at radius 3 is 1.82 bits per heavy atom. The van der Waals surface area contributed by atoms with E-state index in [0.717, 1.165) is 0 Å². The van der Waals surface area contributed by atoms with Crippen LogP contribution in [-0.4, -0.2) is 0 Å². The zero-order valence-corrected chi connectivity index (χ0v) is 10.4. The number of rotatable bonds is 3. The Morgan fingerprint density at radius 1 is 0.824 bits per heavy atom. The molecule has 0 bridgehead atoms. The van der Waals surface area contributed by atoms with Gasteiger partial charge in [0.05, 0.1) is 0 Å². The SMILES string of the molecule is CC(C)(c1ccccc1)C(N)c1ccccc1. The molecule has 17 heavy (non-hydrogen) atoms. The monoisotopic (exact) mass is 225 g/mol. The Balaban J connectivity index is 2.33. The van der Waals surface area contributed by atoms with Gasteiger partial charge >= 0.3 is 0 Å². The molecule has 1 unspecified atom stereocenters. The summed E-state index contributed by atoms with van der Waals surface area (Å²) in [6, 6.07) is 20.7. The summed E-state index contributed by atoms with van der Waals surface area (Å²) in [7, 11) is 0. The molecule has 0 saturated heterocycles. The summed E-state index contributed by atoms with van der Waals surface area (Å²) in [6.45, 7) is 4.39. The Labute approximate surface area is 103 Å². The first-order valence-electron chi connectivity index (χ1n) is 5.98. The topological polar surface area (TPSA) is 26.0 Å². The Bertz CT molecular complexity index is 459. The third-order valence-corrected chi connectivity index (χ3v) is 3.45. The van der Waals surface area contributed by atoms with Crippen LogP contribution in [0.5, 0.6) is 0 Å². The van der Waals surface area contributed by atoms with Crippen LogP contribution < -0.4 is 5.73 Å². The minimum absolute atomic E-state index is 0.00565. The molecule has 2 aromatic rings. The smallest absolute Gasteiger partial charge is 0.0387 e. The molecule has 0 radical (unpaired) electrons. The molecule has 0 amide bonds. The highest BCUT2D eigenvalue weighted by atomic mass is 14.7. The third-order valence-electron chi connectivity index (χ3n) is 3.45. The van der Waals surface area contributed by atoms with Gasteiger partial charge in [0.2, 0.25) is 0 Å². The van der Waals surface area contributed by atoms with Crippen LogP contribution in [0, 0.1) is 0 Å². The molecule has 0 aliphatic heterocycles. The fraction of sp³-hybridized carbons (Fsp3) is 0.250. The van der Waals surface area contributed by atoms with Gasteiger partial charge in [-0.2, -0.15) is 0 Å². The van der Waals surface area contributed by atoms with Crippen LogP contribution in [0.1, 0.15) is 31.0 Å². The van der Waals surface area contributed by atoms with Crippen LogP contribution in [0.25, 0.3) is 0 Å². The van der Waals surface area contributed by atoms with Crippen molar-refractivity contribution in [3.63, 3.8) is 0 Å². The van der Waals surface area contributed by atoms with Gasteiger partial charge in [-0.25, -0.2) is 0 Å². The summed E-state index contributed by atoms with van der Waals surface area (Å²) < 4.78 is 0. The number of hydrogen-bond donors (Lipinski definition) is 1. The fourth-order valence-corrected chi connectivity index (χ4v) is 2.12. The van der Waals surface area contributed by atoms with Crippen LogP contribution in [0.3, 0.4) is 0 Å². The van der Waals surface area contributed by atoms with Crippen molar-refractivity contribution in [3.05, 3.63) is 71.8 Å². The molecule has 0 aliphatic rings. The maximum Gasteiger partial charge on any atom is 0.0387 e. The molecule has 1 atom stereocenters. The zero-order valence-electron chi connectivity index (χ0n) is 10.4. The van der Waals surface area contributed by atoms with Gasteiger partial charge < -0.3 is 5.73 Å². The average molecular weight is 225 g/mol. The summed E-state index contributed by atoms with van der Waals surface area (Å²) in [6.07, 6.45) is 0. The standard InChI is InChI=1S/C16H19N/c1-16(2,14-11-7-4-8-12-14)15(17)13-9-5-3-6-10-13/h3-12,15H,17H2,1-2H3. The van der Waals surface area contributed by atoms with E-state index in [1.54, 1.807) is 0 Å². The quantitative estimate of drug-likeness (QED) is 0.847. The highest BCUT2D eigenvalue weighted by Crippen LogP contribution is 2.34. The predicted octanol–water partition coefficient (Wildman–Crippen LogP) is 3.66. The lowest BCUT2D eigenvalue weighted by Gasteiger charge is -2.32. The molecule has 1 nitrogen and oxygen atoms in total.